The van der Waals surface area contributed by atoms with Crippen molar-refractivity contribution in [1.82, 2.24) is 10.6 Å². The third-order valence-corrected chi connectivity index (χ3v) is 3.46. The number of aliphatic imine (C=N–C) groups is 1. The number of hydrogen-bond donors (Lipinski definition) is 2. The number of nitrogens with zero attached hydrogens (tertiary/aromatic N) is 1. The van der Waals surface area contributed by atoms with Gasteiger partial charge in [0.1, 0.15) is 0 Å². The van der Waals surface area contributed by atoms with E-state index in [2.05, 4.69) is 29.5 Å². The molecule has 1 aromatic carbocycles. The van der Waals surface area contributed by atoms with E-state index in [0.717, 1.165) is 41.9 Å². The van der Waals surface area contributed by atoms with E-state index >= 15 is 0 Å². The predicted octanol–water partition coefficient (Wildman–Crippen LogP) is 3.81. The Morgan fingerprint density at radius 2 is 1.96 bits per heavy atom. The number of methoxy groups -OCH3 is 1. The van der Waals surface area contributed by atoms with Crippen LogP contribution in [0.3, 0.4) is 0 Å². The lowest BCUT2D eigenvalue weighted by molar-refractivity contribution is 0.310. The summed E-state index contributed by atoms with van der Waals surface area (Å²) >= 11 is 0. The van der Waals surface area contributed by atoms with Crippen molar-refractivity contribution in [2.75, 3.05) is 27.3 Å². The number of halogens is 1. The highest BCUT2D eigenvalue weighted by atomic mass is 127. The molecular weight excluding hydrogens is 417 g/mol. The van der Waals surface area contributed by atoms with Crippen molar-refractivity contribution < 1.29 is 9.47 Å². The van der Waals surface area contributed by atoms with Gasteiger partial charge in [0.15, 0.2) is 17.5 Å². The van der Waals surface area contributed by atoms with Gasteiger partial charge in [-0.2, -0.15) is 0 Å². The fourth-order valence-corrected chi connectivity index (χ4v) is 2.22. The fourth-order valence-electron chi connectivity index (χ4n) is 2.22. The molecule has 138 valence electrons. The molecule has 5 nitrogen and oxygen atoms in total. The molecule has 0 atom stereocenters. The van der Waals surface area contributed by atoms with Crippen LogP contribution in [-0.2, 0) is 6.54 Å². The highest BCUT2D eigenvalue weighted by Gasteiger charge is 2.06. The first kappa shape index (κ1) is 22.8. The van der Waals surface area contributed by atoms with Crippen molar-refractivity contribution in [3.05, 3.63) is 23.8 Å². The van der Waals surface area contributed by atoms with Crippen LogP contribution in [0.5, 0.6) is 11.5 Å². The monoisotopic (exact) mass is 449 g/mol. The van der Waals surface area contributed by atoms with Crippen molar-refractivity contribution in [3.8, 4) is 11.5 Å². The molecule has 0 aliphatic rings. The Kier molecular flexibility index (Phi) is 12.5. The van der Waals surface area contributed by atoms with Crippen molar-refractivity contribution >= 4 is 29.9 Å². The van der Waals surface area contributed by atoms with Gasteiger partial charge < -0.3 is 20.1 Å². The van der Waals surface area contributed by atoms with Crippen LogP contribution in [0.15, 0.2) is 23.2 Å². The summed E-state index contributed by atoms with van der Waals surface area (Å²) < 4.78 is 10.9. The Morgan fingerprint density at radius 1 is 1.21 bits per heavy atom. The van der Waals surface area contributed by atoms with E-state index < -0.39 is 0 Å². The van der Waals surface area contributed by atoms with E-state index in [-0.39, 0.29) is 24.0 Å². The summed E-state index contributed by atoms with van der Waals surface area (Å²) in [6.07, 6.45) is 2.37. The van der Waals surface area contributed by atoms with Gasteiger partial charge in [0.25, 0.3) is 0 Å². The second kappa shape index (κ2) is 13.1. The van der Waals surface area contributed by atoms with E-state index in [1.165, 1.54) is 6.42 Å². The first-order chi connectivity index (χ1) is 11.1. The van der Waals surface area contributed by atoms with Crippen molar-refractivity contribution in [2.45, 2.75) is 40.2 Å². The molecule has 0 bridgehead atoms. The molecule has 1 aromatic rings. The Hall–Kier alpha value is -1.18. The zero-order valence-corrected chi connectivity index (χ0v) is 17.8. The lowest BCUT2D eigenvalue weighted by Gasteiger charge is -2.14. The largest absolute Gasteiger partial charge is 0.493 e. The van der Waals surface area contributed by atoms with Crippen molar-refractivity contribution in [3.63, 3.8) is 0 Å². The molecule has 6 heteroatoms. The normalized spacial score (nSPS) is 11.0. The van der Waals surface area contributed by atoms with Crippen LogP contribution in [0, 0.1) is 5.92 Å². The molecule has 0 spiro atoms. The molecule has 0 aliphatic carbocycles. The van der Waals surface area contributed by atoms with E-state index in [9.17, 15) is 0 Å². The predicted molar refractivity (Wildman–Crippen MR) is 112 cm³/mol. The minimum absolute atomic E-state index is 0. The van der Waals surface area contributed by atoms with Gasteiger partial charge in [-0.1, -0.05) is 19.9 Å². The molecule has 1 rings (SSSR count). The molecule has 2 N–H and O–H groups in total. The number of nitrogens with one attached hydrogen (secondary N) is 2. The van der Waals surface area contributed by atoms with Crippen LogP contribution < -0.4 is 20.1 Å². The second-order valence-corrected chi connectivity index (χ2v) is 5.81. The van der Waals surface area contributed by atoms with Crippen LogP contribution in [0.25, 0.3) is 0 Å². The quantitative estimate of drug-likeness (QED) is 0.261. The van der Waals surface area contributed by atoms with Crippen LogP contribution in [-0.4, -0.2) is 33.3 Å². The van der Waals surface area contributed by atoms with Crippen LogP contribution >= 0.6 is 24.0 Å². The van der Waals surface area contributed by atoms with Gasteiger partial charge in [0.05, 0.1) is 13.7 Å². The van der Waals surface area contributed by atoms with Gasteiger partial charge in [0, 0.05) is 20.1 Å². The summed E-state index contributed by atoms with van der Waals surface area (Å²) in [6.45, 7) is 8.69. The summed E-state index contributed by atoms with van der Waals surface area (Å²) in [5, 5.41) is 6.66. The molecule has 0 unspecified atom stereocenters. The molecular formula is C18H32IN3O2. The highest BCUT2D eigenvalue weighted by molar-refractivity contribution is 14.0. The standard InChI is InChI=1S/C18H31N3O2.HI/c1-6-23-17-12-15(9-10-16(17)22-5)13-21-18(19-4)20-11-7-8-14(2)3;/h9-10,12,14H,6-8,11,13H2,1-5H3,(H2,19,20,21);1H. The van der Waals surface area contributed by atoms with E-state index in [4.69, 9.17) is 9.47 Å². The zero-order chi connectivity index (χ0) is 17.1. The lowest BCUT2D eigenvalue weighted by atomic mass is 10.1. The molecule has 0 radical (unpaired) electrons. The van der Waals surface area contributed by atoms with Crippen LogP contribution in [0.2, 0.25) is 0 Å². The zero-order valence-electron chi connectivity index (χ0n) is 15.5. The van der Waals surface area contributed by atoms with E-state index in [1.54, 1.807) is 14.2 Å². The maximum absolute atomic E-state index is 5.60. The molecule has 0 aromatic heterocycles. The average molecular weight is 449 g/mol. The van der Waals surface area contributed by atoms with Gasteiger partial charge in [0.2, 0.25) is 0 Å². The molecule has 0 heterocycles. The molecule has 0 saturated heterocycles. The summed E-state index contributed by atoms with van der Waals surface area (Å²) in [5.74, 6) is 3.09. The number of guanidine groups is 1. The average Bonchev–Trinajstić information content (AvgIpc) is 2.54. The number of benzene rings is 1. The lowest BCUT2D eigenvalue weighted by Crippen LogP contribution is -2.37. The summed E-state index contributed by atoms with van der Waals surface area (Å²) in [4.78, 5) is 4.25. The van der Waals surface area contributed by atoms with Crippen molar-refractivity contribution in [2.24, 2.45) is 10.9 Å². The van der Waals surface area contributed by atoms with Crippen LogP contribution in [0.1, 0.15) is 39.2 Å². The third kappa shape index (κ3) is 8.61. The Labute approximate surface area is 163 Å². The first-order valence-corrected chi connectivity index (χ1v) is 8.34. The Morgan fingerprint density at radius 3 is 2.54 bits per heavy atom. The second-order valence-electron chi connectivity index (χ2n) is 5.81. The van der Waals surface area contributed by atoms with Crippen molar-refractivity contribution in [1.29, 1.82) is 0 Å². The SMILES string of the molecule is CCOc1cc(CNC(=NC)NCCCC(C)C)ccc1OC.I. The van der Waals surface area contributed by atoms with Gasteiger partial charge in [-0.25, -0.2) is 0 Å². The maximum atomic E-state index is 5.60. The summed E-state index contributed by atoms with van der Waals surface area (Å²) in [6, 6.07) is 5.96. The van der Waals surface area contributed by atoms with Gasteiger partial charge in [-0.15, -0.1) is 24.0 Å². The Bertz CT molecular complexity index is 493. The first-order valence-electron chi connectivity index (χ1n) is 8.34. The summed E-state index contributed by atoms with van der Waals surface area (Å²) in [5.41, 5.74) is 1.12. The number of hydrogen-bond acceptors (Lipinski definition) is 3. The Balaban J connectivity index is 0.00000529. The minimum Gasteiger partial charge on any atom is -0.493 e. The van der Waals surface area contributed by atoms with E-state index in [0.29, 0.717) is 13.2 Å². The molecule has 0 amide bonds. The van der Waals surface area contributed by atoms with Gasteiger partial charge in [-0.05, 0) is 43.4 Å². The van der Waals surface area contributed by atoms with Crippen LogP contribution in [0.4, 0.5) is 0 Å². The fraction of sp³-hybridized carbons (Fsp3) is 0.611. The van der Waals surface area contributed by atoms with Gasteiger partial charge in [-0.3, -0.25) is 4.99 Å². The van der Waals surface area contributed by atoms with E-state index in [1.807, 2.05) is 25.1 Å². The maximum Gasteiger partial charge on any atom is 0.191 e. The molecule has 24 heavy (non-hydrogen) atoms. The number of rotatable bonds is 9. The highest BCUT2D eigenvalue weighted by Crippen LogP contribution is 2.27. The smallest absolute Gasteiger partial charge is 0.191 e. The third-order valence-electron chi connectivity index (χ3n) is 3.46. The topological polar surface area (TPSA) is 54.9 Å². The summed E-state index contributed by atoms with van der Waals surface area (Å²) in [7, 11) is 3.44. The van der Waals surface area contributed by atoms with Gasteiger partial charge >= 0.3 is 0 Å². The molecule has 0 saturated carbocycles. The number of ether oxygens (including phenoxy) is 2. The minimum atomic E-state index is 0. The molecule has 0 aliphatic heterocycles. The molecule has 0 fully saturated rings.